The van der Waals surface area contributed by atoms with Gasteiger partial charge in [0.05, 0.1) is 17.7 Å². The Balaban J connectivity index is 1.87. The van der Waals surface area contributed by atoms with Crippen LogP contribution < -0.4 is 5.32 Å². The maximum atomic E-state index is 11.9. The van der Waals surface area contributed by atoms with E-state index in [2.05, 4.69) is 16.3 Å². The third kappa shape index (κ3) is 2.88. The van der Waals surface area contributed by atoms with Gasteiger partial charge in [-0.25, -0.2) is 0 Å². The van der Waals surface area contributed by atoms with Crippen LogP contribution in [0.25, 0.3) is 0 Å². The number of likely N-dealkylation sites (tertiary alicyclic amines) is 1. The van der Waals surface area contributed by atoms with Crippen LogP contribution in [-0.2, 0) is 11.3 Å². The number of rotatable bonds is 3. The van der Waals surface area contributed by atoms with Crippen molar-refractivity contribution in [3.8, 4) is 6.07 Å². The van der Waals surface area contributed by atoms with Gasteiger partial charge in [-0.05, 0) is 44.1 Å². The fourth-order valence-corrected chi connectivity index (χ4v) is 2.25. The fraction of sp³-hybridized carbons (Fsp3) is 0.429. The second kappa shape index (κ2) is 5.65. The Morgan fingerprint density at radius 1 is 1.50 bits per heavy atom. The highest BCUT2D eigenvalue weighted by Gasteiger charge is 2.27. The van der Waals surface area contributed by atoms with Crippen LogP contribution in [0.5, 0.6) is 0 Å². The molecule has 1 heterocycles. The number of nitrogens with zero attached hydrogens (tertiary/aromatic N) is 2. The van der Waals surface area contributed by atoms with Crippen LogP contribution in [0.15, 0.2) is 24.3 Å². The summed E-state index contributed by atoms with van der Waals surface area (Å²) in [4.78, 5) is 14.0. The van der Waals surface area contributed by atoms with Crippen molar-refractivity contribution >= 4 is 5.91 Å². The van der Waals surface area contributed by atoms with Gasteiger partial charge in [-0.15, -0.1) is 0 Å². The zero-order valence-corrected chi connectivity index (χ0v) is 10.5. The van der Waals surface area contributed by atoms with Crippen LogP contribution >= 0.6 is 0 Å². The third-order valence-corrected chi connectivity index (χ3v) is 3.37. The molecule has 4 nitrogen and oxygen atoms in total. The van der Waals surface area contributed by atoms with Crippen LogP contribution in [0.3, 0.4) is 0 Å². The van der Waals surface area contributed by atoms with E-state index in [0.717, 1.165) is 24.9 Å². The van der Waals surface area contributed by atoms with E-state index in [1.54, 1.807) is 12.1 Å². The van der Waals surface area contributed by atoms with Crippen LogP contribution in [-0.4, -0.2) is 30.4 Å². The molecule has 94 valence electrons. The van der Waals surface area contributed by atoms with E-state index in [4.69, 9.17) is 5.26 Å². The summed E-state index contributed by atoms with van der Waals surface area (Å²) in [6.07, 6.45) is 2.03. The number of likely N-dealkylation sites (N-methyl/N-ethyl adjacent to an activating group) is 1. The molecule has 0 spiro atoms. The lowest BCUT2D eigenvalue weighted by Crippen LogP contribution is -2.41. The van der Waals surface area contributed by atoms with Gasteiger partial charge in [0.15, 0.2) is 0 Å². The van der Waals surface area contributed by atoms with Gasteiger partial charge in [0, 0.05) is 6.54 Å². The van der Waals surface area contributed by atoms with Gasteiger partial charge in [0.1, 0.15) is 0 Å². The van der Waals surface area contributed by atoms with Crippen molar-refractivity contribution < 1.29 is 4.79 Å². The van der Waals surface area contributed by atoms with E-state index in [9.17, 15) is 4.79 Å². The Morgan fingerprint density at radius 3 is 2.78 bits per heavy atom. The molecule has 0 saturated carbocycles. The molecule has 0 aromatic heterocycles. The van der Waals surface area contributed by atoms with Crippen molar-refractivity contribution in [3.63, 3.8) is 0 Å². The largest absolute Gasteiger partial charge is 0.351 e. The highest BCUT2D eigenvalue weighted by atomic mass is 16.2. The topological polar surface area (TPSA) is 56.1 Å². The lowest BCUT2D eigenvalue weighted by molar-refractivity contribution is -0.125. The molecule has 4 heteroatoms. The van der Waals surface area contributed by atoms with Crippen LogP contribution in [0, 0.1) is 11.3 Å². The van der Waals surface area contributed by atoms with Crippen molar-refractivity contribution in [1.29, 1.82) is 5.26 Å². The molecule has 1 fully saturated rings. The van der Waals surface area contributed by atoms with Gasteiger partial charge in [-0.1, -0.05) is 12.1 Å². The molecule has 0 unspecified atom stereocenters. The van der Waals surface area contributed by atoms with Gasteiger partial charge in [-0.2, -0.15) is 5.26 Å². The fourth-order valence-electron chi connectivity index (χ4n) is 2.25. The lowest BCUT2D eigenvalue weighted by atomic mass is 10.1. The summed E-state index contributed by atoms with van der Waals surface area (Å²) < 4.78 is 0. The summed E-state index contributed by atoms with van der Waals surface area (Å²) in [6.45, 7) is 1.52. The molecule has 0 bridgehead atoms. The van der Waals surface area contributed by atoms with Gasteiger partial charge in [0.2, 0.25) is 5.91 Å². The van der Waals surface area contributed by atoms with Crippen molar-refractivity contribution in [2.75, 3.05) is 13.6 Å². The first-order valence-electron chi connectivity index (χ1n) is 6.17. The molecule has 1 aromatic rings. The number of amides is 1. The normalized spacial score (nSPS) is 19.4. The van der Waals surface area contributed by atoms with Gasteiger partial charge < -0.3 is 5.32 Å². The maximum Gasteiger partial charge on any atom is 0.237 e. The number of nitrogens with one attached hydrogen (secondary N) is 1. The first kappa shape index (κ1) is 12.6. The highest BCUT2D eigenvalue weighted by Crippen LogP contribution is 2.14. The quantitative estimate of drug-likeness (QED) is 0.869. The molecule has 2 rings (SSSR count). The molecule has 1 N–H and O–H groups in total. The minimum absolute atomic E-state index is 0.0170. The number of hydrogen-bond donors (Lipinski definition) is 1. The molecule has 0 radical (unpaired) electrons. The lowest BCUT2D eigenvalue weighted by Gasteiger charge is -2.18. The molecule has 0 aliphatic carbocycles. The summed E-state index contributed by atoms with van der Waals surface area (Å²) >= 11 is 0. The SMILES string of the molecule is CN1CCC[C@@H]1C(=O)NCc1ccc(C#N)cc1. The second-order valence-corrected chi connectivity index (χ2v) is 4.67. The Kier molecular flexibility index (Phi) is 3.96. The number of benzene rings is 1. The van der Waals surface area contributed by atoms with E-state index >= 15 is 0 Å². The molecule has 1 aliphatic heterocycles. The van der Waals surface area contributed by atoms with Gasteiger partial charge >= 0.3 is 0 Å². The first-order valence-corrected chi connectivity index (χ1v) is 6.17. The number of nitriles is 1. The molecular formula is C14H17N3O. The number of hydrogen-bond acceptors (Lipinski definition) is 3. The Hall–Kier alpha value is -1.86. The van der Waals surface area contributed by atoms with Crippen LogP contribution in [0.2, 0.25) is 0 Å². The zero-order chi connectivity index (χ0) is 13.0. The molecule has 1 aliphatic rings. The molecular weight excluding hydrogens is 226 g/mol. The highest BCUT2D eigenvalue weighted by molar-refractivity contribution is 5.81. The number of carbonyl (C=O) groups is 1. The minimum atomic E-state index is 0.0170. The summed E-state index contributed by atoms with van der Waals surface area (Å²) in [5.74, 6) is 0.0966. The predicted molar refractivity (Wildman–Crippen MR) is 68.7 cm³/mol. The van der Waals surface area contributed by atoms with E-state index < -0.39 is 0 Å². The predicted octanol–water partition coefficient (Wildman–Crippen LogP) is 1.27. The van der Waals surface area contributed by atoms with E-state index in [-0.39, 0.29) is 11.9 Å². The summed E-state index contributed by atoms with van der Waals surface area (Å²) in [6, 6.07) is 9.37. The summed E-state index contributed by atoms with van der Waals surface area (Å²) in [5.41, 5.74) is 1.66. The monoisotopic (exact) mass is 243 g/mol. The average Bonchev–Trinajstić information content (AvgIpc) is 2.83. The first-order chi connectivity index (χ1) is 8.70. The Labute approximate surface area is 107 Å². The van der Waals surface area contributed by atoms with E-state index in [1.165, 1.54) is 0 Å². The third-order valence-electron chi connectivity index (χ3n) is 3.37. The molecule has 1 atom stereocenters. The van der Waals surface area contributed by atoms with Crippen LogP contribution in [0.1, 0.15) is 24.0 Å². The van der Waals surface area contributed by atoms with Crippen molar-refractivity contribution in [2.45, 2.75) is 25.4 Å². The maximum absolute atomic E-state index is 11.9. The molecule has 1 amide bonds. The van der Waals surface area contributed by atoms with E-state index in [1.807, 2.05) is 19.2 Å². The number of carbonyl (C=O) groups excluding carboxylic acids is 1. The van der Waals surface area contributed by atoms with Crippen molar-refractivity contribution in [1.82, 2.24) is 10.2 Å². The standard InChI is InChI=1S/C14H17N3O/c1-17-8-2-3-13(17)14(18)16-10-12-6-4-11(9-15)5-7-12/h4-7,13H,2-3,8,10H2,1H3,(H,16,18)/t13-/m1/s1. The second-order valence-electron chi connectivity index (χ2n) is 4.67. The van der Waals surface area contributed by atoms with Gasteiger partial charge in [0.25, 0.3) is 0 Å². The smallest absolute Gasteiger partial charge is 0.237 e. The summed E-state index contributed by atoms with van der Waals surface area (Å²) in [7, 11) is 1.99. The Morgan fingerprint density at radius 2 is 2.22 bits per heavy atom. The van der Waals surface area contributed by atoms with Crippen LogP contribution in [0.4, 0.5) is 0 Å². The summed E-state index contributed by atoms with van der Waals surface area (Å²) in [5, 5.41) is 11.6. The average molecular weight is 243 g/mol. The van der Waals surface area contributed by atoms with Crippen molar-refractivity contribution in [2.24, 2.45) is 0 Å². The van der Waals surface area contributed by atoms with E-state index in [0.29, 0.717) is 12.1 Å². The van der Waals surface area contributed by atoms with Crippen molar-refractivity contribution in [3.05, 3.63) is 35.4 Å². The molecule has 18 heavy (non-hydrogen) atoms. The Bertz CT molecular complexity index is 461. The van der Waals surface area contributed by atoms with Gasteiger partial charge in [-0.3, -0.25) is 9.69 Å². The molecule has 1 saturated heterocycles. The minimum Gasteiger partial charge on any atom is -0.351 e. The zero-order valence-electron chi connectivity index (χ0n) is 10.5. The molecule has 1 aromatic carbocycles.